The van der Waals surface area contributed by atoms with E-state index in [2.05, 4.69) is 15.6 Å². The Bertz CT molecular complexity index is 1700. The average molecular weight is 614 g/mol. The summed E-state index contributed by atoms with van der Waals surface area (Å²) < 4.78 is 29.0. The average Bonchev–Trinajstić information content (AvgIpc) is 3.38. The van der Waals surface area contributed by atoms with E-state index < -0.39 is 34.0 Å². The third-order valence-corrected chi connectivity index (χ3v) is 10.7. The molecule has 10 heteroatoms. The fourth-order valence-corrected chi connectivity index (χ4v) is 8.29. The molecule has 1 saturated carbocycles. The number of fused-ring (bicyclic) bond motifs is 3. The molecule has 3 amide bonds. The number of pyridine rings is 1. The third kappa shape index (κ3) is 4.72. The topological polar surface area (TPSA) is 94.6 Å². The van der Waals surface area contributed by atoms with Crippen LogP contribution in [0.3, 0.4) is 0 Å². The SMILES string of the molecule is CN1CC(C)(c2cc(F)cc(F)c2)N(CC(=O)Nc2ccc3c(c2)CC2(C3)C(=O)Nc3ncccc32)C(=O)C12CCCCCC2. The van der Waals surface area contributed by atoms with Crippen molar-refractivity contribution < 1.29 is 23.2 Å². The van der Waals surface area contributed by atoms with Crippen LogP contribution in [0.1, 0.15) is 67.7 Å². The van der Waals surface area contributed by atoms with E-state index in [1.54, 1.807) is 13.1 Å². The van der Waals surface area contributed by atoms with Crippen LogP contribution < -0.4 is 10.6 Å². The van der Waals surface area contributed by atoms with Gasteiger partial charge in [0, 0.05) is 30.1 Å². The zero-order valence-corrected chi connectivity index (χ0v) is 25.6. The number of carbonyl (C=O) groups is 3. The highest BCUT2D eigenvalue weighted by atomic mass is 19.1. The van der Waals surface area contributed by atoms with Crippen molar-refractivity contribution in [2.24, 2.45) is 0 Å². The first kappa shape index (κ1) is 29.5. The van der Waals surface area contributed by atoms with Gasteiger partial charge < -0.3 is 15.5 Å². The summed E-state index contributed by atoms with van der Waals surface area (Å²) in [5.74, 6) is -1.53. The molecule has 2 atom stereocenters. The maximum atomic E-state index is 14.5. The minimum Gasteiger partial charge on any atom is -0.325 e. The summed E-state index contributed by atoms with van der Waals surface area (Å²) >= 11 is 0. The monoisotopic (exact) mass is 613 g/mol. The van der Waals surface area contributed by atoms with Crippen molar-refractivity contribution in [3.8, 4) is 0 Å². The molecule has 1 aromatic heterocycles. The lowest BCUT2D eigenvalue weighted by Crippen LogP contribution is -2.71. The zero-order chi connectivity index (χ0) is 31.6. The summed E-state index contributed by atoms with van der Waals surface area (Å²) in [7, 11) is 1.91. The first-order chi connectivity index (χ1) is 21.5. The van der Waals surface area contributed by atoms with Crippen molar-refractivity contribution in [2.75, 3.05) is 30.8 Å². The molecule has 4 aliphatic rings. The van der Waals surface area contributed by atoms with Crippen LogP contribution in [0, 0.1) is 11.6 Å². The second kappa shape index (κ2) is 10.7. The van der Waals surface area contributed by atoms with Crippen LogP contribution in [-0.2, 0) is 38.2 Å². The summed E-state index contributed by atoms with van der Waals surface area (Å²) in [6, 6.07) is 12.7. The van der Waals surface area contributed by atoms with Gasteiger partial charge in [0.05, 0.1) is 11.0 Å². The smallest absolute Gasteiger partial charge is 0.244 e. The maximum absolute atomic E-state index is 14.5. The van der Waals surface area contributed by atoms with Gasteiger partial charge in [0.25, 0.3) is 0 Å². The largest absolute Gasteiger partial charge is 0.325 e. The van der Waals surface area contributed by atoms with Crippen LogP contribution in [0.4, 0.5) is 20.3 Å². The van der Waals surface area contributed by atoms with E-state index in [1.165, 1.54) is 17.0 Å². The minimum absolute atomic E-state index is 0.0768. The highest BCUT2D eigenvalue weighted by Crippen LogP contribution is 2.47. The van der Waals surface area contributed by atoms with E-state index >= 15 is 0 Å². The van der Waals surface area contributed by atoms with E-state index in [0.29, 0.717) is 49.3 Å². The number of likely N-dealkylation sites (N-methyl/N-ethyl adjacent to an activating group) is 1. The number of aromatic nitrogens is 1. The predicted octanol–water partition coefficient (Wildman–Crippen LogP) is 5.07. The second-order valence-corrected chi connectivity index (χ2v) is 13.4. The summed E-state index contributed by atoms with van der Waals surface area (Å²) in [5, 5.41) is 5.88. The molecule has 0 radical (unpaired) electrons. The molecule has 2 spiro atoms. The molecule has 3 aromatic rings. The van der Waals surface area contributed by atoms with Crippen LogP contribution in [-0.4, -0.2) is 58.2 Å². The Balaban J connectivity index is 1.17. The maximum Gasteiger partial charge on any atom is 0.244 e. The van der Waals surface area contributed by atoms with Gasteiger partial charge in [-0.2, -0.15) is 0 Å². The molecule has 234 valence electrons. The Morgan fingerprint density at radius 3 is 2.42 bits per heavy atom. The van der Waals surface area contributed by atoms with Crippen molar-refractivity contribution in [2.45, 2.75) is 74.8 Å². The number of rotatable bonds is 4. The summed E-state index contributed by atoms with van der Waals surface area (Å²) in [6.45, 7) is 1.83. The Kier molecular flexibility index (Phi) is 7.03. The van der Waals surface area contributed by atoms with Crippen molar-refractivity contribution in [3.05, 3.63) is 88.6 Å². The molecular weight excluding hydrogens is 576 g/mol. The molecule has 2 N–H and O–H groups in total. The number of benzene rings is 2. The van der Waals surface area contributed by atoms with Crippen LogP contribution in [0.25, 0.3) is 0 Å². The molecular formula is C35H37F2N5O3. The number of hydrogen-bond acceptors (Lipinski definition) is 5. The van der Waals surface area contributed by atoms with Gasteiger partial charge in [-0.15, -0.1) is 0 Å². The molecule has 3 heterocycles. The van der Waals surface area contributed by atoms with Gasteiger partial charge in [-0.05, 0) is 86.7 Å². The number of nitrogens with one attached hydrogen (secondary N) is 2. The van der Waals surface area contributed by atoms with Crippen molar-refractivity contribution in [3.63, 3.8) is 0 Å². The quantitative estimate of drug-likeness (QED) is 0.429. The van der Waals surface area contributed by atoms with Gasteiger partial charge in [0.1, 0.15) is 29.5 Å². The van der Waals surface area contributed by atoms with E-state index in [-0.39, 0.29) is 18.4 Å². The highest BCUT2D eigenvalue weighted by Gasteiger charge is 2.56. The number of hydrogen-bond donors (Lipinski definition) is 2. The fourth-order valence-electron chi connectivity index (χ4n) is 8.29. The van der Waals surface area contributed by atoms with Crippen molar-refractivity contribution in [1.29, 1.82) is 0 Å². The molecule has 0 bridgehead atoms. The highest BCUT2D eigenvalue weighted by molar-refractivity contribution is 6.06. The van der Waals surface area contributed by atoms with Gasteiger partial charge in [0.15, 0.2) is 0 Å². The van der Waals surface area contributed by atoms with Crippen LogP contribution in [0.2, 0.25) is 0 Å². The predicted molar refractivity (Wildman–Crippen MR) is 166 cm³/mol. The summed E-state index contributed by atoms with van der Waals surface area (Å²) in [4.78, 5) is 49.3. The van der Waals surface area contributed by atoms with E-state index in [0.717, 1.165) is 48.4 Å². The van der Waals surface area contributed by atoms with Gasteiger partial charge in [0.2, 0.25) is 17.7 Å². The van der Waals surface area contributed by atoms with Gasteiger partial charge in [-0.25, -0.2) is 13.8 Å². The summed E-state index contributed by atoms with van der Waals surface area (Å²) in [5.41, 5.74) is 1.11. The standard InChI is InChI=1S/C35H37F2N5O3/c1-33(24-15-25(36)17-26(37)16-24)21-41(2)35(11-5-3-4-6-12-35)32(45)42(33)20-29(43)39-27-10-9-22-18-34(19-23(22)14-27)28-8-7-13-38-30(28)40-31(34)44/h7-10,13-17H,3-6,11-12,18-21H2,1-2H3,(H,39,43)(H,38,40,44). The first-order valence-electron chi connectivity index (χ1n) is 15.7. The van der Waals surface area contributed by atoms with Crippen molar-refractivity contribution >= 4 is 29.2 Å². The molecule has 2 fully saturated rings. The Morgan fingerprint density at radius 1 is 0.978 bits per heavy atom. The molecule has 8 nitrogen and oxygen atoms in total. The normalized spacial score (nSPS) is 25.6. The number of halogens is 2. The number of amides is 3. The molecule has 2 unspecified atom stereocenters. The molecule has 2 aliphatic carbocycles. The number of piperazine rings is 1. The lowest BCUT2D eigenvalue weighted by atomic mass is 9.77. The molecule has 2 aliphatic heterocycles. The molecule has 7 rings (SSSR count). The summed E-state index contributed by atoms with van der Waals surface area (Å²) in [6.07, 6.45) is 7.91. The first-order valence-corrected chi connectivity index (χ1v) is 15.7. The van der Waals surface area contributed by atoms with Crippen molar-refractivity contribution in [1.82, 2.24) is 14.8 Å². The van der Waals surface area contributed by atoms with Crippen LogP contribution in [0.15, 0.2) is 54.7 Å². The number of nitrogens with zero attached hydrogens (tertiary/aromatic N) is 3. The Labute approximate surface area is 261 Å². The Morgan fingerprint density at radius 2 is 1.69 bits per heavy atom. The Hall–Kier alpha value is -4.18. The lowest BCUT2D eigenvalue weighted by Gasteiger charge is -2.56. The van der Waals surface area contributed by atoms with Gasteiger partial charge in [-0.1, -0.05) is 37.8 Å². The number of carbonyl (C=O) groups excluding carboxylic acids is 3. The number of anilines is 2. The molecule has 2 aromatic carbocycles. The van der Waals surface area contributed by atoms with Crippen LogP contribution in [0.5, 0.6) is 0 Å². The van der Waals surface area contributed by atoms with E-state index in [1.807, 2.05) is 42.3 Å². The van der Waals surface area contributed by atoms with E-state index in [4.69, 9.17) is 0 Å². The molecule has 45 heavy (non-hydrogen) atoms. The lowest BCUT2D eigenvalue weighted by molar-refractivity contribution is -0.166. The third-order valence-electron chi connectivity index (χ3n) is 10.7. The van der Waals surface area contributed by atoms with Gasteiger partial charge in [-0.3, -0.25) is 19.3 Å². The zero-order valence-electron chi connectivity index (χ0n) is 25.6. The van der Waals surface area contributed by atoms with Crippen LogP contribution >= 0.6 is 0 Å². The second-order valence-electron chi connectivity index (χ2n) is 13.4. The molecule has 1 saturated heterocycles. The van der Waals surface area contributed by atoms with Gasteiger partial charge >= 0.3 is 0 Å². The fraction of sp³-hybridized carbons (Fsp3) is 0.429. The van der Waals surface area contributed by atoms with E-state index in [9.17, 15) is 23.2 Å². The minimum atomic E-state index is -1.15.